The summed E-state index contributed by atoms with van der Waals surface area (Å²) in [5, 5.41) is 0. The number of hydrogen-bond donors (Lipinski definition) is 0. The van der Waals surface area contributed by atoms with Gasteiger partial charge in [-0.05, 0) is 84.5 Å². The zero-order valence-electron chi connectivity index (χ0n) is 27.7. The maximum atomic E-state index is 8.12. The van der Waals surface area contributed by atoms with E-state index in [9.17, 15) is 0 Å². The fourth-order valence-electron chi connectivity index (χ4n) is 7.59. The maximum absolute atomic E-state index is 8.12. The van der Waals surface area contributed by atoms with Crippen molar-refractivity contribution in [3.63, 3.8) is 0 Å². The van der Waals surface area contributed by atoms with Crippen molar-refractivity contribution in [3.8, 4) is 0 Å². The third-order valence-electron chi connectivity index (χ3n) is 10.5. The van der Waals surface area contributed by atoms with E-state index in [-0.39, 0.29) is 30.4 Å². The molecule has 6 heteroatoms. The molecule has 2 heterocycles. The van der Waals surface area contributed by atoms with Gasteiger partial charge in [0.1, 0.15) is 18.8 Å². The second-order valence-electron chi connectivity index (χ2n) is 14.2. The van der Waals surface area contributed by atoms with Gasteiger partial charge in [-0.3, -0.25) is 0 Å². The normalized spacial score (nSPS) is 31.0. The Bertz CT molecular complexity index is 1260. The van der Waals surface area contributed by atoms with Crippen LogP contribution >= 0.6 is 0 Å². The van der Waals surface area contributed by atoms with Gasteiger partial charge in [0.2, 0.25) is 0 Å². The fourth-order valence-corrected chi connectivity index (χ4v) is 7.59. The molecule has 0 N–H and O–H groups in total. The topological polar surface area (TPSA) is 71.1 Å². The van der Waals surface area contributed by atoms with Crippen molar-refractivity contribution < 1.29 is 28.8 Å². The molecule has 0 bridgehead atoms. The lowest BCUT2D eigenvalue weighted by molar-refractivity contribution is -0.326. The van der Waals surface area contributed by atoms with E-state index >= 15 is 0 Å². The van der Waals surface area contributed by atoms with E-state index in [0.717, 1.165) is 23.7 Å². The van der Waals surface area contributed by atoms with Crippen LogP contribution < -0.4 is 0 Å². The Morgan fingerprint density at radius 1 is 0.696 bits per heavy atom. The first-order chi connectivity index (χ1) is 22.5. The fraction of sp³-hybridized carbons (Fsp3) is 0.575. The van der Waals surface area contributed by atoms with Gasteiger partial charge in [0, 0.05) is 5.92 Å². The van der Waals surface area contributed by atoms with Crippen LogP contribution in [0.15, 0.2) is 60.7 Å². The smallest absolute Gasteiger partial charge is 0.372 e. The predicted molar refractivity (Wildman–Crippen MR) is 179 cm³/mol. The van der Waals surface area contributed by atoms with Gasteiger partial charge in [-0.25, -0.2) is 9.78 Å². The summed E-state index contributed by atoms with van der Waals surface area (Å²) in [4.78, 5) is 27.5. The second-order valence-corrected chi connectivity index (χ2v) is 14.2. The Hall–Kier alpha value is -2.86. The Labute approximate surface area is 275 Å². The third-order valence-corrected chi connectivity index (χ3v) is 10.5. The SMILES string of the molecule is CC1CCC(Cc2ccc(C=CCOO[C@H]3CO[C@H]4[C@@H]3OC[C@H]4C=Cc3ccc(CC4CCC(C)CC4)cc3)cc2)CC1.O=C=O. The molecular formula is C40H52O6. The number of carbonyl (C=O) groups excluding carboxylic acids is 2. The van der Waals surface area contributed by atoms with Crippen molar-refractivity contribution in [2.45, 2.75) is 96.4 Å². The number of ether oxygens (including phenoxy) is 2. The molecule has 4 aliphatic rings. The van der Waals surface area contributed by atoms with Gasteiger partial charge in [0.25, 0.3) is 0 Å². The summed E-state index contributed by atoms with van der Waals surface area (Å²) < 4.78 is 12.2. The maximum Gasteiger partial charge on any atom is 0.373 e. The van der Waals surface area contributed by atoms with Gasteiger partial charge < -0.3 is 9.47 Å². The Balaban J connectivity index is 0.00000134. The summed E-state index contributed by atoms with van der Waals surface area (Å²) in [6.07, 6.45) is 22.1. The Kier molecular flexibility index (Phi) is 13.4. The standard InChI is InChI=1S/C39H52O4.CO2/c1-28-5-9-32(10-6-28)24-34-17-13-30(14-18-34)4-3-23-42-43-37-27-41-38-36(26-40-39(37)38)22-21-31-15-19-35(20-16-31)25-33-11-7-29(2)8-12-33;2-1-3/h3-4,13-22,28-29,32-33,36-39H,5-12,23-27H2,1-2H3;/t28?,29?,32?,33?,36-,37+,38-,39-;/m1./s1. The average Bonchev–Trinajstić information content (AvgIpc) is 3.67. The van der Waals surface area contributed by atoms with Gasteiger partial charge >= 0.3 is 6.15 Å². The summed E-state index contributed by atoms with van der Waals surface area (Å²) in [5.41, 5.74) is 5.34. The molecule has 0 aromatic heterocycles. The summed E-state index contributed by atoms with van der Waals surface area (Å²) in [7, 11) is 0. The molecule has 2 saturated carbocycles. The van der Waals surface area contributed by atoms with Crippen LogP contribution in [0.25, 0.3) is 12.2 Å². The highest BCUT2D eigenvalue weighted by molar-refractivity contribution is 5.51. The molecule has 4 atom stereocenters. The minimum atomic E-state index is -0.194. The molecule has 0 amide bonds. The lowest BCUT2D eigenvalue weighted by Gasteiger charge is -2.26. The molecule has 2 saturated heterocycles. The zero-order valence-corrected chi connectivity index (χ0v) is 27.7. The van der Waals surface area contributed by atoms with Crippen LogP contribution in [0.1, 0.15) is 87.5 Å². The summed E-state index contributed by atoms with van der Waals surface area (Å²) in [6.45, 7) is 6.33. The molecule has 248 valence electrons. The van der Waals surface area contributed by atoms with Crippen LogP contribution in [0.3, 0.4) is 0 Å². The molecule has 2 aromatic rings. The van der Waals surface area contributed by atoms with Crippen molar-refractivity contribution in [2.75, 3.05) is 19.8 Å². The molecule has 0 radical (unpaired) electrons. The molecule has 2 aliphatic carbocycles. The van der Waals surface area contributed by atoms with E-state index in [2.05, 4.69) is 80.6 Å². The van der Waals surface area contributed by atoms with Crippen LogP contribution in [0.4, 0.5) is 0 Å². The highest BCUT2D eigenvalue weighted by Crippen LogP contribution is 2.35. The van der Waals surface area contributed by atoms with Crippen LogP contribution in [0.2, 0.25) is 0 Å². The van der Waals surface area contributed by atoms with E-state index in [0.29, 0.717) is 19.8 Å². The highest BCUT2D eigenvalue weighted by atomic mass is 17.2. The van der Waals surface area contributed by atoms with Crippen molar-refractivity contribution in [3.05, 3.63) is 82.9 Å². The first kappa shape index (κ1) is 34.5. The molecule has 0 unspecified atom stereocenters. The molecule has 4 fully saturated rings. The number of fused-ring (bicyclic) bond motifs is 1. The van der Waals surface area contributed by atoms with Gasteiger partial charge in [0.05, 0.1) is 19.3 Å². The van der Waals surface area contributed by atoms with E-state index in [4.69, 9.17) is 28.8 Å². The second kappa shape index (κ2) is 17.9. The van der Waals surface area contributed by atoms with Gasteiger partial charge in [-0.1, -0.05) is 112 Å². The molecular weight excluding hydrogens is 576 g/mol. The Morgan fingerprint density at radius 2 is 1.20 bits per heavy atom. The lowest BCUT2D eigenvalue weighted by Crippen LogP contribution is -2.31. The van der Waals surface area contributed by atoms with Crippen molar-refractivity contribution in [1.82, 2.24) is 0 Å². The van der Waals surface area contributed by atoms with Crippen molar-refractivity contribution >= 4 is 18.3 Å². The van der Waals surface area contributed by atoms with Crippen LogP contribution in [0, 0.1) is 29.6 Å². The predicted octanol–water partition coefficient (Wildman–Crippen LogP) is 8.30. The molecule has 6 nitrogen and oxygen atoms in total. The number of benzene rings is 2. The monoisotopic (exact) mass is 628 g/mol. The van der Waals surface area contributed by atoms with Gasteiger partial charge in [-0.2, -0.15) is 9.59 Å². The van der Waals surface area contributed by atoms with E-state index in [1.165, 1.54) is 86.5 Å². The van der Waals surface area contributed by atoms with Crippen LogP contribution in [-0.4, -0.2) is 44.3 Å². The van der Waals surface area contributed by atoms with Crippen molar-refractivity contribution in [1.29, 1.82) is 0 Å². The van der Waals surface area contributed by atoms with Gasteiger partial charge in [-0.15, -0.1) is 0 Å². The lowest BCUT2D eigenvalue weighted by atomic mass is 9.80. The van der Waals surface area contributed by atoms with E-state index in [1.54, 1.807) is 0 Å². The highest BCUT2D eigenvalue weighted by Gasteiger charge is 2.48. The summed E-state index contributed by atoms with van der Waals surface area (Å²) in [6, 6.07) is 18.1. The summed E-state index contributed by atoms with van der Waals surface area (Å²) >= 11 is 0. The first-order valence-electron chi connectivity index (χ1n) is 17.5. The van der Waals surface area contributed by atoms with Gasteiger partial charge in [0.15, 0.2) is 0 Å². The molecule has 2 aliphatic heterocycles. The largest absolute Gasteiger partial charge is 0.373 e. The zero-order chi connectivity index (χ0) is 32.1. The molecule has 6 rings (SSSR count). The molecule has 46 heavy (non-hydrogen) atoms. The minimum Gasteiger partial charge on any atom is -0.372 e. The average molecular weight is 629 g/mol. The quantitative estimate of drug-likeness (QED) is 0.142. The molecule has 2 aromatic carbocycles. The van der Waals surface area contributed by atoms with Crippen LogP contribution in [-0.2, 0) is 41.7 Å². The van der Waals surface area contributed by atoms with E-state index in [1.807, 2.05) is 6.08 Å². The first-order valence-corrected chi connectivity index (χ1v) is 17.5. The Morgan fingerprint density at radius 3 is 1.74 bits per heavy atom. The van der Waals surface area contributed by atoms with Crippen molar-refractivity contribution in [2.24, 2.45) is 29.6 Å². The third kappa shape index (κ3) is 10.3. The number of hydrogen-bond acceptors (Lipinski definition) is 6. The van der Waals surface area contributed by atoms with E-state index < -0.39 is 0 Å². The van der Waals surface area contributed by atoms with Crippen LogP contribution in [0.5, 0.6) is 0 Å². The summed E-state index contributed by atoms with van der Waals surface area (Å²) in [5.74, 6) is 3.77. The number of rotatable bonds is 11. The molecule has 0 spiro atoms. The minimum absolute atomic E-state index is 0.0175.